The van der Waals surface area contributed by atoms with Crippen LogP contribution in [0.15, 0.2) is 152 Å². The third kappa shape index (κ3) is 12.5. The van der Waals surface area contributed by atoms with Crippen molar-refractivity contribution < 1.29 is 31.8 Å². The van der Waals surface area contributed by atoms with E-state index in [0.717, 1.165) is 103 Å². The molecule has 12 rings (SSSR count). The van der Waals surface area contributed by atoms with Gasteiger partial charge in [-0.15, -0.1) is 0 Å². The molecule has 3 aliphatic heterocycles. The molecular weight excluding hydrogens is 961 g/mol. The van der Waals surface area contributed by atoms with Crippen LogP contribution in [-0.2, 0) is 14.2 Å². The zero-order valence-corrected chi connectivity index (χ0v) is 40.6. The molecular formula is C58H52F4N10O3. The molecule has 9 aromatic rings. The number of hydrogen-bond donors (Lipinski definition) is 6. The number of H-pyrrole nitrogens is 3. The molecule has 0 radical (unpaired) electrons. The van der Waals surface area contributed by atoms with E-state index in [1.54, 1.807) is 18.2 Å². The normalized spacial score (nSPS) is 17.5. The molecule has 6 heterocycles. The van der Waals surface area contributed by atoms with E-state index in [2.05, 4.69) is 76.9 Å². The topological polar surface area (TPSA) is 174 Å². The van der Waals surface area contributed by atoms with Crippen LogP contribution in [-0.4, -0.2) is 89.7 Å². The minimum absolute atomic E-state index is 0.0610. The summed E-state index contributed by atoms with van der Waals surface area (Å²) in [5.74, 6) is -2.44. The van der Waals surface area contributed by atoms with E-state index < -0.39 is 23.3 Å². The highest BCUT2D eigenvalue weighted by atomic mass is 19.1. The highest BCUT2D eigenvalue weighted by molar-refractivity contribution is 5.71. The fraction of sp³-hybridized carbons (Fsp3) is 0.207. The third-order valence-electron chi connectivity index (χ3n) is 13.0. The molecule has 75 heavy (non-hydrogen) atoms. The van der Waals surface area contributed by atoms with E-state index in [-0.39, 0.29) is 18.3 Å². The molecule has 17 heteroatoms. The first-order valence-corrected chi connectivity index (χ1v) is 24.6. The average Bonchev–Trinajstić information content (AvgIpc) is 4.28. The van der Waals surface area contributed by atoms with Gasteiger partial charge in [0.05, 0.1) is 83.9 Å². The molecule has 6 aromatic carbocycles. The van der Waals surface area contributed by atoms with E-state index in [1.165, 1.54) is 29.8 Å². The minimum atomic E-state index is -0.618. The zero-order valence-electron chi connectivity index (χ0n) is 40.6. The lowest BCUT2D eigenvalue weighted by Crippen LogP contribution is -2.33. The smallest absolute Gasteiger partial charge is 0.135 e. The Morgan fingerprint density at radius 1 is 0.427 bits per heavy atom. The standard InChI is InChI=1S/C20H18N4O.2C19H17F2N3O/c21-12-14-2-1-3-17(10-14)19-11-18(23-24-19)15-4-6-16(7-5-15)20-13-22-8-9-25-20;2*20-14-5-6-15(16(21)9-14)18-10-17(23-24-18)12-1-3-13(4-2-12)19-11-22-7-8-25-19/h1-7,10-11,20,22H,8-9,13H2,(H,23,24);2*1-6,9-10,19,22H,7-8,11H2,(H,23,24)/t;2*19-/m.10/s1. The van der Waals surface area contributed by atoms with Crippen molar-refractivity contribution in [2.75, 3.05) is 59.1 Å². The molecule has 3 saturated heterocycles. The summed E-state index contributed by atoms with van der Waals surface area (Å²) in [6, 6.07) is 46.4. The highest BCUT2D eigenvalue weighted by Crippen LogP contribution is 2.31. The predicted octanol–water partition coefficient (Wildman–Crippen LogP) is 10.6. The number of nitrogens with zero attached hydrogens (tertiary/aromatic N) is 4. The number of benzene rings is 6. The quantitative estimate of drug-likeness (QED) is 0.0764. The number of rotatable bonds is 9. The van der Waals surface area contributed by atoms with Crippen molar-refractivity contribution in [3.05, 3.63) is 197 Å². The van der Waals surface area contributed by atoms with Crippen molar-refractivity contribution in [2.24, 2.45) is 0 Å². The summed E-state index contributed by atoms with van der Waals surface area (Å²) < 4.78 is 71.1. The summed E-state index contributed by atoms with van der Waals surface area (Å²) in [7, 11) is 0. The lowest BCUT2D eigenvalue weighted by atomic mass is 10.0. The van der Waals surface area contributed by atoms with Gasteiger partial charge in [-0.05, 0) is 76.9 Å². The first kappa shape index (κ1) is 50.5. The van der Waals surface area contributed by atoms with E-state index in [0.29, 0.717) is 52.7 Å². The van der Waals surface area contributed by atoms with Gasteiger partial charge in [0.25, 0.3) is 0 Å². The Hall–Kier alpha value is -8.08. The summed E-state index contributed by atoms with van der Waals surface area (Å²) in [6.07, 6.45) is 0.241. The summed E-state index contributed by atoms with van der Waals surface area (Å²) >= 11 is 0. The Bertz CT molecular complexity index is 3210. The van der Waals surface area contributed by atoms with Crippen molar-refractivity contribution in [3.8, 4) is 73.6 Å². The first-order chi connectivity index (χ1) is 36.7. The maximum Gasteiger partial charge on any atom is 0.135 e. The SMILES string of the molecule is Fc1ccc(-c2cc(-c3ccc([C@@H]4CNCCO4)cc3)n[nH]2)c(F)c1.Fc1ccc(-c2cc(-c3ccc([C@H]4CNCCO4)cc3)n[nH]2)c(F)c1.N#Cc1cccc(-c2cc(-c3ccc(C4CNCCO4)cc3)[nH]n2)c1. The predicted molar refractivity (Wildman–Crippen MR) is 278 cm³/mol. The molecule has 0 aliphatic carbocycles. The van der Waals surface area contributed by atoms with Crippen LogP contribution in [0.3, 0.4) is 0 Å². The number of aromatic nitrogens is 6. The van der Waals surface area contributed by atoms with Crippen LogP contribution in [0, 0.1) is 34.6 Å². The van der Waals surface area contributed by atoms with Crippen molar-refractivity contribution >= 4 is 0 Å². The number of ether oxygens (including phenoxy) is 3. The number of halogens is 4. The Labute approximate surface area is 430 Å². The summed E-state index contributed by atoms with van der Waals surface area (Å²) in [5, 5.41) is 40.6. The van der Waals surface area contributed by atoms with Gasteiger partial charge in [0.15, 0.2) is 0 Å². The lowest BCUT2D eigenvalue weighted by Gasteiger charge is -2.24. The van der Waals surface area contributed by atoms with Gasteiger partial charge in [-0.25, -0.2) is 17.6 Å². The van der Waals surface area contributed by atoms with Crippen LogP contribution >= 0.6 is 0 Å². The minimum Gasteiger partial charge on any atom is -0.371 e. The number of nitriles is 1. The molecule has 1 unspecified atom stereocenters. The molecule has 0 spiro atoms. The second kappa shape index (κ2) is 23.9. The second-order valence-corrected chi connectivity index (χ2v) is 18.0. The van der Waals surface area contributed by atoms with Crippen molar-refractivity contribution in [1.82, 2.24) is 46.5 Å². The Morgan fingerprint density at radius 3 is 1.23 bits per heavy atom. The van der Waals surface area contributed by atoms with E-state index in [1.807, 2.05) is 72.8 Å². The maximum absolute atomic E-state index is 13.9. The molecule has 0 amide bonds. The summed E-state index contributed by atoms with van der Waals surface area (Å²) in [4.78, 5) is 0. The van der Waals surface area contributed by atoms with Crippen LogP contribution < -0.4 is 16.0 Å². The Kier molecular flexibility index (Phi) is 16.0. The maximum atomic E-state index is 13.9. The van der Waals surface area contributed by atoms with Gasteiger partial charge in [0.2, 0.25) is 0 Å². The van der Waals surface area contributed by atoms with Crippen molar-refractivity contribution in [3.63, 3.8) is 0 Å². The molecule has 0 bridgehead atoms. The second-order valence-electron chi connectivity index (χ2n) is 18.0. The summed E-state index contributed by atoms with van der Waals surface area (Å²) in [5.41, 5.74) is 12.6. The van der Waals surface area contributed by atoms with Crippen molar-refractivity contribution in [2.45, 2.75) is 18.3 Å². The van der Waals surface area contributed by atoms with Gasteiger partial charge in [-0.3, -0.25) is 15.3 Å². The average molecular weight is 1010 g/mol. The molecule has 13 nitrogen and oxygen atoms in total. The zero-order chi connectivity index (χ0) is 51.5. The molecule has 3 fully saturated rings. The van der Waals surface area contributed by atoms with Gasteiger partial charge in [-0.1, -0.05) is 84.9 Å². The van der Waals surface area contributed by atoms with Gasteiger partial charge >= 0.3 is 0 Å². The van der Waals surface area contributed by atoms with Crippen LogP contribution in [0.25, 0.3) is 67.5 Å². The van der Waals surface area contributed by atoms with Crippen molar-refractivity contribution in [1.29, 1.82) is 5.26 Å². The molecule has 380 valence electrons. The fourth-order valence-electron chi connectivity index (χ4n) is 8.95. The highest BCUT2D eigenvalue weighted by Gasteiger charge is 2.20. The van der Waals surface area contributed by atoms with Crippen LogP contribution in [0.2, 0.25) is 0 Å². The van der Waals surface area contributed by atoms with Crippen LogP contribution in [0.5, 0.6) is 0 Å². The number of morpholine rings is 3. The number of aromatic amines is 3. The fourth-order valence-corrected chi connectivity index (χ4v) is 8.95. The lowest BCUT2D eigenvalue weighted by molar-refractivity contribution is 0.0276. The summed E-state index contributed by atoms with van der Waals surface area (Å²) in [6.45, 7) is 7.29. The largest absolute Gasteiger partial charge is 0.371 e. The van der Waals surface area contributed by atoms with Gasteiger partial charge < -0.3 is 30.2 Å². The van der Waals surface area contributed by atoms with E-state index >= 15 is 0 Å². The Balaban J connectivity index is 0.000000128. The molecule has 6 N–H and O–H groups in total. The van der Waals surface area contributed by atoms with E-state index in [4.69, 9.17) is 19.5 Å². The van der Waals surface area contributed by atoms with Gasteiger partial charge in [0.1, 0.15) is 23.3 Å². The van der Waals surface area contributed by atoms with E-state index in [9.17, 15) is 17.6 Å². The Morgan fingerprint density at radius 2 is 0.827 bits per heavy atom. The number of nitrogens with one attached hydrogen (secondary N) is 6. The van der Waals surface area contributed by atoms with Gasteiger partial charge in [0, 0.05) is 79.2 Å². The van der Waals surface area contributed by atoms with Crippen LogP contribution in [0.4, 0.5) is 17.6 Å². The molecule has 0 saturated carbocycles. The molecule has 3 aromatic heterocycles. The monoisotopic (exact) mass is 1010 g/mol. The van der Waals surface area contributed by atoms with Gasteiger partial charge in [-0.2, -0.15) is 20.6 Å². The molecule has 3 aliphatic rings. The first-order valence-electron chi connectivity index (χ1n) is 24.6. The number of hydrogen-bond acceptors (Lipinski definition) is 10. The third-order valence-corrected chi connectivity index (χ3v) is 13.0. The van der Waals surface area contributed by atoms with Crippen LogP contribution in [0.1, 0.15) is 40.6 Å². The molecule has 3 atom stereocenters.